The van der Waals surface area contributed by atoms with Crippen LogP contribution in [0.2, 0.25) is 5.02 Å². The Hall–Kier alpha value is -2.18. The van der Waals surface area contributed by atoms with E-state index < -0.39 is 0 Å². The molecule has 2 aromatic rings. The van der Waals surface area contributed by atoms with Crippen LogP contribution in [-0.4, -0.2) is 6.04 Å². The highest BCUT2D eigenvalue weighted by molar-refractivity contribution is 6.33. The maximum atomic E-state index is 8.93. The third-order valence-corrected chi connectivity index (χ3v) is 3.62. The van der Waals surface area contributed by atoms with Gasteiger partial charge in [0.2, 0.25) is 0 Å². The lowest BCUT2D eigenvalue weighted by Crippen LogP contribution is -2.30. The van der Waals surface area contributed by atoms with Crippen molar-refractivity contribution < 1.29 is 0 Å². The highest BCUT2D eigenvalue weighted by Crippen LogP contribution is 2.29. The molecule has 0 fully saturated rings. The lowest BCUT2D eigenvalue weighted by Gasteiger charge is -2.30. The topological polar surface area (TPSA) is 53.0 Å². The molecule has 21 heavy (non-hydrogen) atoms. The van der Waals surface area contributed by atoms with Crippen molar-refractivity contribution in [3.8, 4) is 6.07 Å². The van der Waals surface area contributed by atoms with E-state index in [1.807, 2.05) is 30.3 Å². The van der Waals surface area contributed by atoms with Crippen LogP contribution < -0.4 is 10.6 Å². The number of hydrogen-bond acceptors (Lipinski definition) is 3. The average molecular weight is 300 g/mol. The van der Waals surface area contributed by atoms with Gasteiger partial charge in [0.1, 0.15) is 0 Å². The van der Waals surface area contributed by atoms with Crippen molar-refractivity contribution in [2.75, 3.05) is 10.6 Å². The first-order chi connectivity index (χ1) is 10.0. The van der Waals surface area contributed by atoms with Gasteiger partial charge in [0.25, 0.3) is 0 Å². The fraction of sp³-hybridized carbons (Fsp3) is 0.235. The molecule has 0 amide bonds. The van der Waals surface area contributed by atoms with E-state index in [4.69, 9.17) is 22.6 Å². The molecule has 2 rings (SSSR count). The fourth-order valence-electron chi connectivity index (χ4n) is 2.24. The maximum Gasteiger partial charge on any atom is 0.0992 e. The Morgan fingerprint density at radius 2 is 2.00 bits per heavy atom. The zero-order valence-electron chi connectivity index (χ0n) is 12.2. The summed E-state index contributed by atoms with van der Waals surface area (Å²) in [6.07, 6.45) is 0. The zero-order valence-corrected chi connectivity index (χ0v) is 12.9. The van der Waals surface area contributed by atoms with Crippen molar-refractivity contribution in [3.05, 3.63) is 58.6 Å². The molecule has 0 saturated carbocycles. The predicted molar refractivity (Wildman–Crippen MR) is 88.3 cm³/mol. The van der Waals surface area contributed by atoms with Gasteiger partial charge in [0.15, 0.2) is 0 Å². The van der Waals surface area contributed by atoms with Gasteiger partial charge in [-0.2, -0.15) is 5.26 Å². The number of rotatable bonds is 4. The Kier molecular flexibility index (Phi) is 4.72. The minimum atomic E-state index is 0.275. The highest BCUT2D eigenvalue weighted by Gasteiger charge is 2.15. The summed E-state index contributed by atoms with van der Waals surface area (Å²) in [5.74, 6) is 0. The maximum absolute atomic E-state index is 8.93. The van der Waals surface area contributed by atoms with E-state index in [0.29, 0.717) is 17.1 Å². The molecule has 0 heterocycles. The van der Waals surface area contributed by atoms with E-state index in [1.54, 1.807) is 12.1 Å². The second-order valence-electron chi connectivity index (χ2n) is 5.24. The van der Waals surface area contributed by atoms with Gasteiger partial charge < -0.3 is 10.6 Å². The molecule has 0 unspecified atom stereocenters. The van der Waals surface area contributed by atoms with E-state index in [1.165, 1.54) is 0 Å². The number of nitrogens with two attached hydrogens (primary N) is 1. The summed E-state index contributed by atoms with van der Waals surface area (Å²) < 4.78 is 0. The standard InChI is InChI=1S/C17H18ClN3/c1-12(2)21(11-14-4-3-5-15(20)8-14)17-7-6-13(10-19)9-16(17)18/h3-9,12H,11,20H2,1-2H3. The monoisotopic (exact) mass is 299 g/mol. The lowest BCUT2D eigenvalue weighted by molar-refractivity contribution is 0.683. The zero-order chi connectivity index (χ0) is 15.4. The van der Waals surface area contributed by atoms with Gasteiger partial charge in [-0.25, -0.2) is 0 Å². The van der Waals surface area contributed by atoms with E-state index in [9.17, 15) is 0 Å². The van der Waals surface area contributed by atoms with Gasteiger partial charge in [-0.3, -0.25) is 0 Å². The van der Waals surface area contributed by atoms with Crippen LogP contribution in [0.15, 0.2) is 42.5 Å². The quantitative estimate of drug-likeness (QED) is 0.860. The molecule has 0 atom stereocenters. The third-order valence-electron chi connectivity index (χ3n) is 3.31. The molecule has 2 aromatic carbocycles. The number of anilines is 2. The van der Waals surface area contributed by atoms with Gasteiger partial charge in [-0.15, -0.1) is 0 Å². The fourth-order valence-corrected chi connectivity index (χ4v) is 2.53. The number of benzene rings is 2. The molecule has 0 aliphatic heterocycles. The van der Waals surface area contributed by atoms with Crippen LogP contribution in [0.3, 0.4) is 0 Å². The molecule has 4 heteroatoms. The summed E-state index contributed by atoms with van der Waals surface area (Å²) in [7, 11) is 0. The van der Waals surface area contributed by atoms with Crippen LogP contribution in [0.25, 0.3) is 0 Å². The van der Waals surface area contributed by atoms with E-state index in [0.717, 1.165) is 16.9 Å². The molecule has 3 nitrogen and oxygen atoms in total. The summed E-state index contributed by atoms with van der Waals surface area (Å²) in [5, 5.41) is 9.52. The Labute approximate surface area is 130 Å². The molecule has 0 saturated heterocycles. The molecular formula is C17H18ClN3. The second-order valence-corrected chi connectivity index (χ2v) is 5.65. The Bertz CT molecular complexity index is 674. The van der Waals surface area contributed by atoms with Crippen LogP contribution in [0.4, 0.5) is 11.4 Å². The first-order valence-electron chi connectivity index (χ1n) is 6.82. The van der Waals surface area contributed by atoms with Gasteiger partial charge in [0, 0.05) is 18.3 Å². The third kappa shape index (κ3) is 3.68. The smallest absolute Gasteiger partial charge is 0.0992 e. The molecule has 0 spiro atoms. The summed E-state index contributed by atoms with van der Waals surface area (Å²) in [5.41, 5.74) is 9.21. The molecule has 0 aliphatic rings. The average Bonchev–Trinajstić information content (AvgIpc) is 2.45. The predicted octanol–water partition coefficient (Wildman–Crippen LogP) is 4.21. The molecule has 0 aromatic heterocycles. The molecule has 0 radical (unpaired) electrons. The van der Waals surface area contributed by atoms with E-state index in [-0.39, 0.29) is 6.04 Å². The Balaban J connectivity index is 2.34. The lowest BCUT2D eigenvalue weighted by atomic mass is 10.1. The summed E-state index contributed by atoms with van der Waals surface area (Å²) in [6.45, 7) is 4.94. The number of halogens is 1. The minimum absolute atomic E-state index is 0.275. The van der Waals surface area contributed by atoms with Crippen LogP contribution in [0, 0.1) is 11.3 Å². The van der Waals surface area contributed by atoms with Crippen molar-refractivity contribution in [2.45, 2.75) is 26.4 Å². The minimum Gasteiger partial charge on any atom is -0.399 e. The largest absolute Gasteiger partial charge is 0.399 e. The van der Waals surface area contributed by atoms with E-state index in [2.05, 4.69) is 24.8 Å². The molecule has 108 valence electrons. The van der Waals surface area contributed by atoms with Crippen molar-refractivity contribution in [2.24, 2.45) is 0 Å². The Morgan fingerprint density at radius 1 is 1.24 bits per heavy atom. The molecule has 0 aliphatic carbocycles. The summed E-state index contributed by atoms with van der Waals surface area (Å²) in [6, 6.07) is 15.6. The first-order valence-corrected chi connectivity index (χ1v) is 7.19. The summed E-state index contributed by atoms with van der Waals surface area (Å²) in [4.78, 5) is 2.19. The van der Waals surface area contributed by atoms with Crippen LogP contribution in [0.1, 0.15) is 25.0 Å². The van der Waals surface area contributed by atoms with Gasteiger partial charge >= 0.3 is 0 Å². The normalized spacial score (nSPS) is 10.4. The summed E-state index contributed by atoms with van der Waals surface area (Å²) >= 11 is 6.33. The molecule has 2 N–H and O–H groups in total. The van der Waals surface area contributed by atoms with Gasteiger partial charge in [-0.05, 0) is 49.7 Å². The van der Waals surface area contributed by atoms with Crippen LogP contribution >= 0.6 is 11.6 Å². The molecular weight excluding hydrogens is 282 g/mol. The number of nitriles is 1. The first kappa shape index (κ1) is 15.2. The second kappa shape index (κ2) is 6.51. The number of nitrogen functional groups attached to an aromatic ring is 1. The van der Waals surface area contributed by atoms with Crippen molar-refractivity contribution in [1.29, 1.82) is 5.26 Å². The molecule has 0 bridgehead atoms. The Morgan fingerprint density at radius 3 is 2.57 bits per heavy atom. The van der Waals surface area contributed by atoms with Crippen LogP contribution in [-0.2, 0) is 6.54 Å². The van der Waals surface area contributed by atoms with Gasteiger partial charge in [0.05, 0.1) is 22.3 Å². The van der Waals surface area contributed by atoms with E-state index >= 15 is 0 Å². The SMILES string of the molecule is CC(C)N(Cc1cccc(N)c1)c1ccc(C#N)cc1Cl. The number of hydrogen-bond donors (Lipinski definition) is 1. The van der Waals surface area contributed by atoms with Crippen molar-refractivity contribution >= 4 is 23.0 Å². The highest BCUT2D eigenvalue weighted by atomic mass is 35.5. The van der Waals surface area contributed by atoms with Crippen molar-refractivity contribution in [1.82, 2.24) is 0 Å². The van der Waals surface area contributed by atoms with Gasteiger partial charge in [-0.1, -0.05) is 23.7 Å². The van der Waals surface area contributed by atoms with Crippen molar-refractivity contribution in [3.63, 3.8) is 0 Å². The van der Waals surface area contributed by atoms with Crippen LogP contribution in [0.5, 0.6) is 0 Å². The number of nitrogens with zero attached hydrogens (tertiary/aromatic N) is 2.